The Hall–Kier alpha value is -2.26. The molecule has 0 heteroatoms. The molecule has 1 atom stereocenters. The Kier molecular flexibility index (Phi) is 3.44. The summed E-state index contributed by atoms with van der Waals surface area (Å²) in [5, 5.41) is 5.14. The summed E-state index contributed by atoms with van der Waals surface area (Å²) in [6, 6.07) is 19.4. The first kappa shape index (κ1) is 12.8. The molecule has 0 radical (unpaired) electrons. The van der Waals surface area contributed by atoms with Crippen molar-refractivity contribution < 1.29 is 0 Å². The Morgan fingerprint density at radius 2 is 1.50 bits per heavy atom. The van der Waals surface area contributed by atoms with Gasteiger partial charge >= 0.3 is 0 Å². The van der Waals surface area contributed by atoms with Crippen LogP contribution in [0.3, 0.4) is 0 Å². The van der Waals surface area contributed by atoms with Gasteiger partial charge in [0.05, 0.1) is 0 Å². The molecular weight excluding hydrogens is 240 g/mol. The highest BCUT2D eigenvalue weighted by Crippen LogP contribution is 2.35. The normalized spacial score (nSPS) is 12.4. The van der Waals surface area contributed by atoms with Crippen LogP contribution in [0.25, 0.3) is 21.5 Å². The molecule has 0 nitrogen and oxygen atoms in total. The molecule has 3 aromatic rings. The van der Waals surface area contributed by atoms with Gasteiger partial charge in [-0.3, -0.25) is 0 Å². The largest absolute Gasteiger partial charge is 0.119 e. The average Bonchev–Trinajstić information content (AvgIpc) is 2.50. The molecule has 0 aromatic heterocycles. The predicted molar refractivity (Wildman–Crippen MR) is 87.9 cm³/mol. The summed E-state index contributed by atoms with van der Waals surface area (Å²) in [4.78, 5) is 0. The molecule has 0 amide bonds. The SMILES string of the molecule is C#CC(CCC)c1c2ccccc2cc2ccccc12. The molecule has 3 rings (SSSR count). The quantitative estimate of drug-likeness (QED) is 0.429. The Morgan fingerprint density at radius 3 is 2.00 bits per heavy atom. The van der Waals surface area contributed by atoms with Crippen LogP contribution >= 0.6 is 0 Å². The van der Waals surface area contributed by atoms with Gasteiger partial charge in [0.1, 0.15) is 0 Å². The van der Waals surface area contributed by atoms with Gasteiger partial charge < -0.3 is 0 Å². The highest BCUT2D eigenvalue weighted by Gasteiger charge is 2.15. The van der Waals surface area contributed by atoms with E-state index < -0.39 is 0 Å². The summed E-state index contributed by atoms with van der Waals surface area (Å²) in [6.45, 7) is 2.19. The summed E-state index contributed by atoms with van der Waals surface area (Å²) < 4.78 is 0. The summed E-state index contributed by atoms with van der Waals surface area (Å²) in [6.07, 6.45) is 7.96. The van der Waals surface area contributed by atoms with E-state index in [1.165, 1.54) is 27.1 Å². The van der Waals surface area contributed by atoms with Gasteiger partial charge in [0.15, 0.2) is 0 Å². The van der Waals surface area contributed by atoms with Gasteiger partial charge in [0, 0.05) is 5.92 Å². The van der Waals surface area contributed by atoms with Crippen LogP contribution in [0.4, 0.5) is 0 Å². The highest BCUT2D eigenvalue weighted by atomic mass is 14.2. The second-order valence-corrected chi connectivity index (χ2v) is 5.24. The average molecular weight is 258 g/mol. The topological polar surface area (TPSA) is 0 Å². The third-order valence-electron chi connectivity index (χ3n) is 3.94. The zero-order chi connectivity index (χ0) is 13.9. The molecule has 0 heterocycles. The molecule has 0 aliphatic carbocycles. The van der Waals surface area contributed by atoms with Gasteiger partial charge in [-0.1, -0.05) is 67.8 Å². The van der Waals surface area contributed by atoms with Crippen LogP contribution in [-0.4, -0.2) is 0 Å². The van der Waals surface area contributed by atoms with Gasteiger partial charge in [0.2, 0.25) is 0 Å². The van der Waals surface area contributed by atoms with Crippen LogP contribution in [0, 0.1) is 12.3 Å². The van der Waals surface area contributed by atoms with Crippen molar-refractivity contribution in [2.45, 2.75) is 25.7 Å². The lowest BCUT2D eigenvalue weighted by Crippen LogP contribution is -1.98. The minimum Gasteiger partial charge on any atom is -0.119 e. The molecule has 0 saturated carbocycles. The fraction of sp³-hybridized carbons (Fsp3) is 0.200. The van der Waals surface area contributed by atoms with Crippen LogP contribution in [0.2, 0.25) is 0 Å². The number of hydrogen-bond acceptors (Lipinski definition) is 0. The molecule has 0 bridgehead atoms. The molecule has 20 heavy (non-hydrogen) atoms. The van der Waals surface area contributed by atoms with Crippen LogP contribution < -0.4 is 0 Å². The molecule has 98 valence electrons. The van der Waals surface area contributed by atoms with E-state index >= 15 is 0 Å². The third kappa shape index (κ3) is 2.06. The molecule has 0 aliphatic rings. The standard InChI is InChI=1S/C20H18/c1-3-9-15(4-2)20-18-12-7-5-10-16(18)14-17-11-6-8-13-19(17)20/h2,5-8,10-15H,3,9H2,1H3. The minimum absolute atomic E-state index is 0.191. The maximum absolute atomic E-state index is 5.82. The Labute approximate surface area is 120 Å². The van der Waals surface area contributed by atoms with E-state index in [0.29, 0.717) is 0 Å². The van der Waals surface area contributed by atoms with Crippen molar-refractivity contribution in [3.8, 4) is 12.3 Å². The van der Waals surface area contributed by atoms with E-state index in [-0.39, 0.29) is 5.92 Å². The second-order valence-electron chi connectivity index (χ2n) is 5.24. The number of hydrogen-bond donors (Lipinski definition) is 0. The maximum Gasteiger partial charge on any atom is 0.0461 e. The van der Waals surface area contributed by atoms with E-state index in [9.17, 15) is 0 Å². The molecule has 3 aromatic carbocycles. The van der Waals surface area contributed by atoms with E-state index in [2.05, 4.69) is 67.4 Å². The summed E-state index contributed by atoms with van der Waals surface area (Å²) in [5.74, 6) is 3.19. The van der Waals surface area contributed by atoms with Crippen molar-refractivity contribution >= 4 is 21.5 Å². The van der Waals surface area contributed by atoms with Gasteiger partial charge in [-0.25, -0.2) is 0 Å². The molecular formula is C20H18. The number of terminal acetylenes is 1. The zero-order valence-electron chi connectivity index (χ0n) is 11.8. The lowest BCUT2D eigenvalue weighted by Gasteiger charge is -2.16. The van der Waals surface area contributed by atoms with Gasteiger partial charge in [-0.2, -0.15) is 0 Å². The monoisotopic (exact) mass is 258 g/mol. The van der Waals surface area contributed by atoms with Crippen LogP contribution in [-0.2, 0) is 0 Å². The lowest BCUT2D eigenvalue weighted by atomic mass is 9.86. The summed E-state index contributed by atoms with van der Waals surface area (Å²) in [5.41, 5.74) is 1.32. The van der Waals surface area contributed by atoms with Crippen molar-refractivity contribution in [3.05, 3.63) is 60.2 Å². The van der Waals surface area contributed by atoms with Gasteiger partial charge in [-0.15, -0.1) is 6.42 Å². The number of fused-ring (bicyclic) bond motifs is 2. The molecule has 0 fully saturated rings. The molecule has 0 N–H and O–H groups in total. The van der Waals surface area contributed by atoms with Gasteiger partial charge in [-0.05, 0) is 39.6 Å². The van der Waals surface area contributed by atoms with Crippen molar-refractivity contribution in [3.63, 3.8) is 0 Å². The Bertz CT molecular complexity index is 736. The Morgan fingerprint density at radius 1 is 0.950 bits per heavy atom. The van der Waals surface area contributed by atoms with Crippen molar-refractivity contribution in [1.29, 1.82) is 0 Å². The molecule has 0 spiro atoms. The van der Waals surface area contributed by atoms with Crippen molar-refractivity contribution in [2.24, 2.45) is 0 Å². The zero-order valence-corrected chi connectivity index (χ0v) is 11.8. The van der Waals surface area contributed by atoms with E-state index in [1.807, 2.05) is 0 Å². The fourth-order valence-corrected chi connectivity index (χ4v) is 3.02. The van der Waals surface area contributed by atoms with E-state index in [1.54, 1.807) is 0 Å². The van der Waals surface area contributed by atoms with E-state index in [0.717, 1.165) is 12.8 Å². The maximum atomic E-state index is 5.82. The first-order chi connectivity index (χ1) is 9.85. The second kappa shape index (κ2) is 5.39. The minimum atomic E-state index is 0.191. The summed E-state index contributed by atoms with van der Waals surface area (Å²) in [7, 11) is 0. The fourth-order valence-electron chi connectivity index (χ4n) is 3.02. The molecule has 1 unspecified atom stereocenters. The van der Waals surface area contributed by atoms with Crippen molar-refractivity contribution in [2.75, 3.05) is 0 Å². The van der Waals surface area contributed by atoms with Gasteiger partial charge in [0.25, 0.3) is 0 Å². The first-order valence-electron chi connectivity index (χ1n) is 7.21. The summed E-state index contributed by atoms with van der Waals surface area (Å²) >= 11 is 0. The lowest BCUT2D eigenvalue weighted by molar-refractivity contribution is 0.743. The van der Waals surface area contributed by atoms with Crippen LogP contribution in [0.5, 0.6) is 0 Å². The molecule has 0 saturated heterocycles. The van der Waals surface area contributed by atoms with Crippen molar-refractivity contribution in [1.82, 2.24) is 0 Å². The highest BCUT2D eigenvalue weighted by molar-refractivity contribution is 6.03. The number of rotatable bonds is 3. The third-order valence-corrected chi connectivity index (χ3v) is 3.94. The predicted octanol–water partition coefficient (Wildman–Crippen LogP) is 5.51. The first-order valence-corrected chi connectivity index (χ1v) is 7.21. The Balaban J connectivity index is 2.42. The molecule has 0 aliphatic heterocycles. The smallest absolute Gasteiger partial charge is 0.0461 e. The van der Waals surface area contributed by atoms with E-state index in [4.69, 9.17) is 6.42 Å². The van der Waals surface area contributed by atoms with Crippen LogP contribution in [0.1, 0.15) is 31.2 Å². The number of benzene rings is 3. The van der Waals surface area contributed by atoms with Crippen LogP contribution in [0.15, 0.2) is 54.6 Å².